The third kappa shape index (κ3) is 5.93. The fourth-order valence-corrected chi connectivity index (χ4v) is 4.16. The fraction of sp³-hybridized carbons (Fsp3) is 0.381. The van der Waals surface area contributed by atoms with Crippen molar-refractivity contribution >= 4 is 21.6 Å². The number of rotatable bonds is 9. The van der Waals surface area contributed by atoms with Gasteiger partial charge < -0.3 is 10.1 Å². The van der Waals surface area contributed by atoms with Gasteiger partial charge in [-0.05, 0) is 36.6 Å². The van der Waals surface area contributed by atoms with Gasteiger partial charge in [-0.15, -0.1) is 0 Å². The first-order valence-electron chi connectivity index (χ1n) is 9.36. The average molecular weight is 423 g/mol. The van der Waals surface area contributed by atoms with Crippen molar-refractivity contribution in [1.29, 1.82) is 0 Å². The number of carbonyl (C=O) groups excluding carboxylic acids is 1. The molecule has 0 aromatic heterocycles. The number of ether oxygens (including phenoxy) is 1. The molecular formula is C21H27FN2O4S. The SMILES string of the molecule is CC(C)c1ccccc1OCCNC(=O)[C@@H](C)N(c1ccccc1F)S(C)(=O)=O. The number of para-hydroxylation sites is 2. The molecule has 0 bridgehead atoms. The number of halogens is 1. The van der Waals surface area contributed by atoms with E-state index in [-0.39, 0.29) is 18.8 Å². The highest BCUT2D eigenvalue weighted by molar-refractivity contribution is 7.92. The first-order chi connectivity index (χ1) is 13.6. The molecule has 0 saturated heterocycles. The Kier molecular flexibility index (Phi) is 7.61. The summed E-state index contributed by atoms with van der Waals surface area (Å²) in [5.74, 6) is -0.218. The van der Waals surface area contributed by atoms with Crippen LogP contribution in [0.5, 0.6) is 5.75 Å². The van der Waals surface area contributed by atoms with Gasteiger partial charge in [0.1, 0.15) is 24.2 Å². The number of benzene rings is 2. The summed E-state index contributed by atoms with van der Waals surface area (Å²) >= 11 is 0. The number of hydrogen-bond donors (Lipinski definition) is 1. The van der Waals surface area contributed by atoms with Crippen LogP contribution in [0.2, 0.25) is 0 Å². The van der Waals surface area contributed by atoms with Crippen molar-refractivity contribution < 1.29 is 22.3 Å². The highest BCUT2D eigenvalue weighted by atomic mass is 32.2. The van der Waals surface area contributed by atoms with E-state index in [4.69, 9.17) is 4.74 Å². The molecule has 0 spiro atoms. The van der Waals surface area contributed by atoms with Crippen molar-refractivity contribution in [2.24, 2.45) is 0 Å². The largest absolute Gasteiger partial charge is 0.491 e. The lowest BCUT2D eigenvalue weighted by Crippen LogP contribution is -2.48. The average Bonchev–Trinajstić information content (AvgIpc) is 2.65. The summed E-state index contributed by atoms with van der Waals surface area (Å²) in [6.07, 6.45) is 0.940. The molecule has 0 aliphatic carbocycles. The molecule has 2 aromatic rings. The summed E-state index contributed by atoms with van der Waals surface area (Å²) in [4.78, 5) is 12.5. The maximum Gasteiger partial charge on any atom is 0.243 e. The van der Waals surface area contributed by atoms with E-state index >= 15 is 0 Å². The lowest BCUT2D eigenvalue weighted by molar-refractivity contribution is -0.121. The molecule has 0 radical (unpaired) electrons. The Hall–Kier alpha value is -2.61. The molecule has 0 aliphatic rings. The second-order valence-electron chi connectivity index (χ2n) is 7.02. The predicted octanol–water partition coefficient (Wildman–Crippen LogP) is 3.30. The standard InChI is InChI=1S/C21H27FN2O4S/c1-15(2)17-9-5-8-12-20(17)28-14-13-23-21(25)16(3)24(29(4,26)27)19-11-7-6-10-18(19)22/h5-12,15-16H,13-14H2,1-4H3,(H,23,25)/t16-/m1/s1. The smallest absolute Gasteiger partial charge is 0.243 e. The Bertz CT molecular complexity index is 947. The van der Waals surface area contributed by atoms with E-state index in [0.717, 1.165) is 27.9 Å². The first kappa shape index (κ1) is 22.7. The molecule has 2 aromatic carbocycles. The molecule has 6 nitrogen and oxygen atoms in total. The molecule has 1 N–H and O–H groups in total. The van der Waals surface area contributed by atoms with Crippen LogP contribution in [0.1, 0.15) is 32.3 Å². The van der Waals surface area contributed by atoms with Crippen molar-refractivity contribution in [2.45, 2.75) is 32.7 Å². The van der Waals surface area contributed by atoms with Crippen molar-refractivity contribution in [2.75, 3.05) is 23.7 Å². The van der Waals surface area contributed by atoms with Crippen LogP contribution in [0.4, 0.5) is 10.1 Å². The van der Waals surface area contributed by atoms with Crippen LogP contribution in [0.25, 0.3) is 0 Å². The first-order valence-corrected chi connectivity index (χ1v) is 11.2. The van der Waals surface area contributed by atoms with Crippen LogP contribution < -0.4 is 14.4 Å². The van der Waals surface area contributed by atoms with E-state index in [9.17, 15) is 17.6 Å². The van der Waals surface area contributed by atoms with Crippen molar-refractivity contribution in [3.63, 3.8) is 0 Å². The van der Waals surface area contributed by atoms with E-state index in [1.165, 1.54) is 25.1 Å². The van der Waals surface area contributed by atoms with E-state index < -0.39 is 27.8 Å². The van der Waals surface area contributed by atoms with Gasteiger partial charge in [0.15, 0.2) is 0 Å². The number of nitrogens with one attached hydrogen (secondary N) is 1. The number of carbonyl (C=O) groups is 1. The van der Waals surface area contributed by atoms with E-state index in [1.54, 1.807) is 0 Å². The Labute approximate surface area is 171 Å². The third-order valence-electron chi connectivity index (χ3n) is 4.38. The predicted molar refractivity (Wildman–Crippen MR) is 112 cm³/mol. The zero-order valence-corrected chi connectivity index (χ0v) is 17.9. The monoisotopic (exact) mass is 422 g/mol. The molecule has 2 rings (SSSR count). The van der Waals surface area contributed by atoms with Crippen LogP contribution in [-0.4, -0.2) is 39.8 Å². The number of anilines is 1. The number of amides is 1. The fourth-order valence-electron chi connectivity index (χ4n) is 2.98. The Balaban J connectivity index is 2.01. The molecule has 0 unspecified atom stereocenters. The van der Waals surface area contributed by atoms with E-state index in [1.807, 2.05) is 24.3 Å². The molecule has 0 heterocycles. The van der Waals surface area contributed by atoms with Crippen LogP contribution >= 0.6 is 0 Å². The highest BCUT2D eigenvalue weighted by Crippen LogP contribution is 2.26. The Morgan fingerprint density at radius 3 is 2.34 bits per heavy atom. The molecule has 0 fully saturated rings. The van der Waals surface area contributed by atoms with Gasteiger partial charge in [-0.1, -0.05) is 44.2 Å². The minimum absolute atomic E-state index is 0.167. The molecular weight excluding hydrogens is 395 g/mol. The molecule has 158 valence electrons. The van der Waals surface area contributed by atoms with Crippen molar-refractivity contribution in [3.8, 4) is 5.75 Å². The minimum atomic E-state index is -3.87. The van der Waals surface area contributed by atoms with Gasteiger partial charge in [-0.3, -0.25) is 9.10 Å². The van der Waals surface area contributed by atoms with E-state index in [0.29, 0.717) is 5.92 Å². The van der Waals surface area contributed by atoms with Crippen LogP contribution in [0.3, 0.4) is 0 Å². The van der Waals surface area contributed by atoms with Crippen LogP contribution in [0.15, 0.2) is 48.5 Å². The Morgan fingerprint density at radius 1 is 1.10 bits per heavy atom. The molecule has 29 heavy (non-hydrogen) atoms. The number of hydrogen-bond acceptors (Lipinski definition) is 4. The van der Waals surface area contributed by atoms with E-state index in [2.05, 4.69) is 19.2 Å². The van der Waals surface area contributed by atoms with Crippen molar-refractivity contribution in [3.05, 3.63) is 59.9 Å². The summed E-state index contributed by atoms with van der Waals surface area (Å²) in [5, 5.41) is 2.65. The van der Waals surface area contributed by atoms with Crippen LogP contribution in [0, 0.1) is 5.82 Å². The van der Waals surface area contributed by atoms with Gasteiger partial charge in [0.25, 0.3) is 0 Å². The lowest BCUT2D eigenvalue weighted by Gasteiger charge is -2.28. The molecule has 0 saturated carbocycles. The molecule has 0 aliphatic heterocycles. The summed E-state index contributed by atoms with van der Waals surface area (Å²) in [7, 11) is -3.87. The summed E-state index contributed by atoms with van der Waals surface area (Å²) in [6, 6.07) is 12.0. The Morgan fingerprint density at radius 2 is 1.72 bits per heavy atom. The second kappa shape index (κ2) is 9.73. The molecule has 1 atom stereocenters. The van der Waals surface area contributed by atoms with Gasteiger partial charge >= 0.3 is 0 Å². The maximum absolute atomic E-state index is 14.1. The molecule has 8 heteroatoms. The van der Waals surface area contributed by atoms with Gasteiger partial charge in [-0.2, -0.15) is 0 Å². The highest BCUT2D eigenvalue weighted by Gasteiger charge is 2.30. The van der Waals surface area contributed by atoms with Crippen molar-refractivity contribution in [1.82, 2.24) is 5.32 Å². The number of nitrogens with zero attached hydrogens (tertiary/aromatic N) is 1. The molecule has 1 amide bonds. The van der Waals surface area contributed by atoms with Crippen LogP contribution in [-0.2, 0) is 14.8 Å². The quantitative estimate of drug-likeness (QED) is 0.629. The number of sulfonamides is 1. The normalized spacial score (nSPS) is 12.5. The minimum Gasteiger partial charge on any atom is -0.491 e. The summed E-state index contributed by atoms with van der Waals surface area (Å²) < 4.78 is 45.1. The van der Waals surface area contributed by atoms with Gasteiger partial charge in [0.05, 0.1) is 18.5 Å². The van der Waals surface area contributed by atoms with Gasteiger partial charge in [-0.25, -0.2) is 12.8 Å². The summed E-state index contributed by atoms with van der Waals surface area (Å²) in [5.41, 5.74) is 0.898. The maximum atomic E-state index is 14.1. The second-order valence-corrected chi connectivity index (χ2v) is 8.88. The lowest BCUT2D eigenvalue weighted by atomic mass is 10.0. The van der Waals surface area contributed by atoms with Gasteiger partial charge in [0, 0.05) is 0 Å². The zero-order chi connectivity index (χ0) is 21.6. The summed E-state index contributed by atoms with van der Waals surface area (Å²) in [6.45, 7) is 5.95. The third-order valence-corrected chi connectivity index (χ3v) is 5.61. The van der Waals surface area contributed by atoms with Gasteiger partial charge in [0.2, 0.25) is 15.9 Å². The topological polar surface area (TPSA) is 75.7 Å². The zero-order valence-electron chi connectivity index (χ0n) is 17.1.